The summed E-state index contributed by atoms with van der Waals surface area (Å²) in [4.78, 5) is 24.3. The van der Waals surface area contributed by atoms with E-state index in [0.717, 1.165) is 56.2 Å². The van der Waals surface area contributed by atoms with Gasteiger partial charge in [0.15, 0.2) is 0 Å². The summed E-state index contributed by atoms with van der Waals surface area (Å²) in [5.74, 6) is 1.33. The first-order chi connectivity index (χ1) is 9.47. The van der Waals surface area contributed by atoms with E-state index in [-0.39, 0.29) is 5.56 Å². The van der Waals surface area contributed by atoms with Gasteiger partial charge >= 0.3 is 0 Å². The highest BCUT2D eigenvalue weighted by Gasteiger charge is 2.18. The Morgan fingerprint density at radius 3 is 2.45 bits per heavy atom. The van der Waals surface area contributed by atoms with E-state index in [1.54, 1.807) is 0 Å². The molecule has 1 fully saturated rings. The van der Waals surface area contributed by atoms with Crippen molar-refractivity contribution in [3.63, 3.8) is 0 Å². The molecule has 0 radical (unpaired) electrons. The number of piperazine rings is 1. The van der Waals surface area contributed by atoms with Crippen LogP contribution in [0.3, 0.4) is 0 Å². The fourth-order valence-corrected chi connectivity index (χ4v) is 2.49. The predicted molar refractivity (Wildman–Crippen MR) is 82.5 cm³/mol. The molecule has 0 saturated carbocycles. The summed E-state index contributed by atoms with van der Waals surface area (Å²) < 4.78 is 0. The number of aromatic amines is 1. The maximum atomic E-state index is 12.2. The van der Waals surface area contributed by atoms with Crippen molar-refractivity contribution < 1.29 is 0 Å². The largest absolute Gasteiger partial charge is 0.340 e. The van der Waals surface area contributed by atoms with Crippen molar-refractivity contribution in [1.82, 2.24) is 14.9 Å². The number of rotatable bonds is 4. The average molecular weight is 278 g/mol. The van der Waals surface area contributed by atoms with Gasteiger partial charge in [0.2, 0.25) is 5.95 Å². The molecule has 1 N–H and O–H groups in total. The first-order valence-corrected chi connectivity index (χ1v) is 7.50. The zero-order chi connectivity index (χ0) is 14.7. The van der Waals surface area contributed by atoms with Gasteiger partial charge in [-0.1, -0.05) is 13.8 Å². The lowest BCUT2D eigenvalue weighted by Crippen LogP contribution is -2.45. The molecule has 1 aromatic heterocycles. The summed E-state index contributed by atoms with van der Waals surface area (Å²) in [6.45, 7) is 10.2. The van der Waals surface area contributed by atoms with Crippen LogP contribution < -0.4 is 10.5 Å². The van der Waals surface area contributed by atoms with Crippen molar-refractivity contribution >= 4 is 5.95 Å². The summed E-state index contributed by atoms with van der Waals surface area (Å²) in [5.41, 5.74) is 1.76. The van der Waals surface area contributed by atoms with E-state index in [2.05, 4.69) is 40.7 Å². The molecule has 112 valence electrons. The predicted octanol–water partition coefficient (Wildman–Crippen LogP) is 1.42. The summed E-state index contributed by atoms with van der Waals surface area (Å²) >= 11 is 0. The van der Waals surface area contributed by atoms with Gasteiger partial charge in [0.25, 0.3) is 5.56 Å². The number of nitrogens with zero attached hydrogens (tertiary/aromatic N) is 3. The quantitative estimate of drug-likeness (QED) is 0.905. The smallest absolute Gasteiger partial charge is 0.255 e. The van der Waals surface area contributed by atoms with E-state index in [1.165, 1.54) is 0 Å². The zero-order valence-electron chi connectivity index (χ0n) is 13.1. The van der Waals surface area contributed by atoms with Crippen LogP contribution >= 0.6 is 0 Å². The Morgan fingerprint density at radius 1 is 1.25 bits per heavy atom. The summed E-state index contributed by atoms with van der Waals surface area (Å²) in [5, 5.41) is 0. The summed E-state index contributed by atoms with van der Waals surface area (Å²) in [6, 6.07) is 0. The second-order valence-corrected chi connectivity index (χ2v) is 6.18. The monoisotopic (exact) mass is 278 g/mol. The topological polar surface area (TPSA) is 52.2 Å². The van der Waals surface area contributed by atoms with Crippen molar-refractivity contribution in [2.75, 3.05) is 38.1 Å². The molecule has 0 bridgehead atoms. The molecule has 0 atom stereocenters. The Bertz CT molecular complexity index is 501. The van der Waals surface area contributed by atoms with Crippen LogP contribution in [0.1, 0.15) is 31.5 Å². The maximum absolute atomic E-state index is 12.2. The SMILES string of the molecule is Cc1nc(N2CCN(C)CC2)[nH]c(=O)c1CCC(C)C. The van der Waals surface area contributed by atoms with Gasteiger partial charge in [-0.2, -0.15) is 0 Å². The lowest BCUT2D eigenvalue weighted by atomic mass is 10.0. The van der Waals surface area contributed by atoms with Crippen LogP contribution in [-0.2, 0) is 6.42 Å². The highest BCUT2D eigenvalue weighted by Crippen LogP contribution is 2.13. The van der Waals surface area contributed by atoms with Gasteiger partial charge in [0.1, 0.15) is 0 Å². The van der Waals surface area contributed by atoms with Crippen LogP contribution in [0.5, 0.6) is 0 Å². The van der Waals surface area contributed by atoms with Crippen molar-refractivity contribution in [3.8, 4) is 0 Å². The number of aromatic nitrogens is 2. The van der Waals surface area contributed by atoms with E-state index in [1.807, 2.05) is 6.92 Å². The Morgan fingerprint density at radius 2 is 1.90 bits per heavy atom. The van der Waals surface area contributed by atoms with Crippen LogP contribution in [0.25, 0.3) is 0 Å². The van der Waals surface area contributed by atoms with Gasteiger partial charge in [-0.05, 0) is 32.7 Å². The minimum atomic E-state index is 0.0343. The van der Waals surface area contributed by atoms with Gasteiger partial charge in [-0.3, -0.25) is 9.78 Å². The molecule has 1 aromatic rings. The van der Waals surface area contributed by atoms with Crippen LogP contribution in [0.2, 0.25) is 0 Å². The zero-order valence-corrected chi connectivity index (χ0v) is 13.1. The third-order valence-electron chi connectivity index (χ3n) is 3.98. The maximum Gasteiger partial charge on any atom is 0.255 e. The second-order valence-electron chi connectivity index (χ2n) is 6.18. The molecule has 0 aliphatic carbocycles. The van der Waals surface area contributed by atoms with Crippen LogP contribution in [0.4, 0.5) is 5.95 Å². The van der Waals surface area contributed by atoms with E-state index in [0.29, 0.717) is 5.92 Å². The van der Waals surface area contributed by atoms with E-state index in [9.17, 15) is 4.79 Å². The first kappa shape index (κ1) is 15.0. The fourth-order valence-electron chi connectivity index (χ4n) is 2.49. The number of hydrogen-bond acceptors (Lipinski definition) is 4. The lowest BCUT2D eigenvalue weighted by molar-refractivity contribution is 0.311. The number of anilines is 1. The Kier molecular flexibility index (Phi) is 4.81. The molecule has 5 heteroatoms. The standard InChI is InChI=1S/C15H26N4O/c1-11(2)5-6-13-12(3)16-15(17-14(13)20)19-9-7-18(4)8-10-19/h11H,5-10H2,1-4H3,(H,16,17,20). The average Bonchev–Trinajstić information content (AvgIpc) is 2.38. The molecular weight excluding hydrogens is 252 g/mol. The third kappa shape index (κ3) is 3.60. The molecule has 2 rings (SSSR count). The molecule has 1 aliphatic heterocycles. The molecular formula is C15H26N4O. The molecule has 0 spiro atoms. The molecule has 1 aliphatic rings. The van der Waals surface area contributed by atoms with Crippen LogP contribution in [0, 0.1) is 12.8 Å². The van der Waals surface area contributed by atoms with Crippen LogP contribution in [0.15, 0.2) is 4.79 Å². The first-order valence-electron chi connectivity index (χ1n) is 7.50. The Balaban J connectivity index is 2.15. The highest BCUT2D eigenvalue weighted by atomic mass is 16.1. The van der Waals surface area contributed by atoms with Crippen molar-refractivity contribution in [2.45, 2.75) is 33.6 Å². The fraction of sp³-hybridized carbons (Fsp3) is 0.733. The van der Waals surface area contributed by atoms with Gasteiger partial charge < -0.3 is 9.80 Å². The molecule has 1 saturated heterocycles. The Hall–Kier alpha value is -1.36. The molecule has 20 heavy (non-hydrogen) atoms. The lowest BCUT2D eigenvalue weighted by Gasteiger charge is -2.32. The number of hydrogen-bond donors (Lipinski definition) is 1. The molecule has 0 unspecified atom stereocenters. The van der Waals surface area contributed by atoms with E-state index >= 15 is 0 Å². The van der Waals surface area contributed by atoms with E-state index in [4.69, 9.17) is 0 Å². The highest BCUT2D eigenvalue weighted by molar-refractivity contribution is 5.33. The molecule has 2 heterocycles. The van der Waals surface area contributed by atoms with E-state index < -0.39 is 0 Å². The van der Waals surface area contributed by atoms with Crippen molar-refractivity contribution in [1.29, 1.82) is 0 Å². The van der Waals surface area contributed by atoms with Crippen molar-refractivity contribution in [2.24, 2.45) is 5.92 Å². The van der Waals surface area contributed by atoms with Gasteiger partial charge in [0, 0.05) is 37.4 Å². The normalized spacial score (nSPS) is 16.9. The van der Waals surface area contributed by atoms with Gasteiger partial charge in [-0.25, -0.2) is 4.98 Å². The number of H-pyrrole nitrogens is 1. The summed E-state index contributed by atoms with van der Waals surface area (Å²) in [7, 11) is 2.12. The molecule has 5 nitrogen and oxygen atoms in total. The third-order valence-corrected chi connectivity index (χ3v) is 3.98. The van der Waals surface area contributed by atoms with Gasteiger partial charge in [-0.15, -0.1) is 0 Å². The van der Waals surface area contributed by atoms with Gasteiger partial charge in [0.05, 0.1) is 0 Å². The van der Waals surface area contributed by atoms with Crippen molar-refractivity contribution in [3.05, 3.63) is 21.6 Å². The second kappa shape index (κ2) is 6.39. The molecule has 0 amide bonds. The van der Waals surface area contributed by atoms with Crippen LogP contribution in [-0.4, -0.2) is 48.1 Å². The number of likely N-dealkylation sites (N-methyl/N-ethyl adjacent to an activating group) is 1. The number of aryl methyl sites for hydroxylation is 1. The molecule has 0 aromatic carbocycles. The minimum absolute atomic E-state index is 0.0343. The number of nitrogens with one attached hydrogen (secondary N) is 1. The Labute approximate surface area is 121 Å². The minimum Gasteiger partial charge on any atom is -0.340 e. The summed E-state index contributed by atoms with van der Waals surface area (Å²) in [6.07, 6.45) is 1.84.